The number of aliphatic carboxylic acids is 1. The molecule has 1 heterocycles. The van der Waals surface area contributed by atoms with Crippen LogP contribution in [-0.4, -0.2) is 38.2 Å². The van der Waals surface area contributed by atoms with Gasteiger partial charge in [-0.05, 0) is 19.8 Å². The van der Waals surface area contributed by atoms with E-state index >= 15 is 0 Å². The van der Waals surface area contributed by atoms with E-state index in [-0.39, 0.29) is 11.8 Å². The first-order valence-corrected chi connectivity index (χ1v) is 6.15. The Bertz CT molecular complexity index is 500. The predicted octanol–water partition coefficient (Wildman–Crippen LogP) is 0.150. The van der Waals surface area contributed by atoms with Crippen LogP contribution in [0.25, 0.3) is 0 Å². The van der Waals surface area contributed by atoms with Crippen molar-refractivity contribution in [2.24, 2.45) is 5.41 Å². The molecule has 1 amide bonds. The fourth-order valence-electron chi connectivity index (χ4n) is 2.42. The summed E-state index contributed by atoms with van der Waals surface area (Å²) >= 11 is 0. The number of carbonyl (C=O) groups excluding carboxylic acids is 1. The molecule has 5 N–H and O–H groups in total. The number of nitrogens with one attached hydrogen (secondary N) is 2. The van der Waals surface area contributed by atoms with E-state index in [0.29, 0.717) is 12.8 Å². The number of anilines is 1. The molecule has 0 aromatic carbocycles. The van der Waals surface area contributed by atoms with Gasteiger partial charge in [-0.15, -0.1) is 5.10 Å². The van der Waals surface area contributed by atoms with E-state index in [1.54, 1.807) is 6.92 Å². The van der Waals surface area contributed by atoms with Crippen LogP contribution < -0.4 is 11.1 Å². The van der Waals surface area contributed by atoms with Crippen LogP contribution in [-0.2, 0) is 4.79 Å². The monoisotopic (exact) mass is 267 g/mol. The molecule has 0 spiro atoms. The van der Waals surface area contributed by atoms with Crippen LogP contribution in [0.15, 0.2) is 0 Å². The molecule has 1 fully saturated rings. The molecule has 0 aliphatic heterocycles. The average molecular weight is 267 g/mol. The van der Waals surface area contributed by atoms with E-state index < -0.39 is 23.3 Å². The molecule has 1 aromatic heterocycles. The molecule has 1 aliphatic rings. The molecule has 8 heteroatoms. The van der Waals surface area contributed by atoms with Crippen molar-refractivity contribution in [1.82, 2.24) is 20.5 Å². The molecule has 2 atom stereocenters. The quantitative estimate of drug-likeness (QED) is 0.616. The van der Waals surface area contributed by atoms with Crippen molar-refractivity contribution in [3.8, 4) is 0 Å². The highest BCUT2D eigenvalue weighted by Crippen LogP contribution is 2.36. The predicted molar refractivity (Wildman–Crippen MR) is 66.3 cm³/mol. The van der Waals surface area contributed by atoms with Crippen LogP contribution in [0, 0.1) is 5.41 Å². The molecular weight excluding hydrogens is 250 g/mol. The summed E-state index contributed by atoms with van der Waals surface area (Å²) in [6, 6.07) is -0.419. The van der Waals surface area contributed by atoms with Gasteiger partial charge in [-0.3, -0.25) is 14.7 Å². The summed E-state index contributed by atoms with van der Waals surface area (Å²) in [4.78, 5) is 27.1. The lowest BCUT2D eigenvalue weighted by atomic mass is 9.71. The van der Waals surface area contributed by atoms with Gasteiger partial charge in [0.05, 0.1) is 5.41 Å². The minimum Gasteiger partial charge on any atom is -0.481 e. The van der Waals surface area contributed by atoms with E-state index in [1.165, 1.54) is 0 Å². The lowest BCUT2D eigenvalue weighted by Crippen LogP contribution is -2.52. The van der Waals surface area contributed by atoms with E-state index in [9.17, 15) is 14.7 Å². The smallest absolute Gasteiger partial charge is 0.311 e. The summed E-state index contributed by atoms with van der Waals surface area (Å²) in [5, 5.41) is 18.0. The first-order chi connectivity index (χ1) is 8.93. The number of nitrogens with zero attached hydrogens (tertiary/aromatic N) is 2. The van der Waals surface area contributed by atoms with Crippen molar-refractivity contribution >= 4 is 17.8 Å². The number of hydrogen-bond donors (Lipinski definition) is 4. The maximum absolute atomic E-state index is 11.9. The highest BCUT2D eigenvalue weighted by molar-refractivity contribution is 5.91. The number of aromatic amines is 1. The molecule has 19 heavy (non-hydrogen) atoms. The molecule has 2 unspecified atom stereocenters. The van der Waals surface area contributed by atoms with Gasteiger partial charge >= 0.3 is 5.97 Å². The van der Waals surface area contributed by atoms with E-state index in [2.05, 4.69) is 20.5 Å². The highest BCUT2D eigenvalue weighted by Gasteiger charge is 2.44. The van der Waals surface area contributed by atoms with Crippen LogP contribution in [0.4, 0.5) is 5.95 Å². The Hall–Kier alpha value is -2.12. The molecule has 1 aromatic rings. The van der Waals surface area contributed by atoms with Gasteiger partial charge in [0.25, 0.3) is 5.91 Å². The third-order valence-corrected chi connectivity index (χ3v) is 3.72. The van der Waals surface area contributed by atoms with Crippen molar-refractivity contribution in [2.45, 2.75) is 38.6 Å². The van der Waals surface area contributed by atoms with Crippen molar-refractivity contribution in [1.29, 1.82) is 0 Å². The van der Waals surface area contributed by atoms with Gasteiger partial charge in [0.1, 0.15) is 0 Å². The van der Waals surface area contributed by atoms with Crippen molar-refractivity contribution in [3.63, 3.8) is 0 Å². The Kier molecular flexibility index (Phi) is 3.41. The number of aromatic nitrogens is 3. The molecule has 2 rings (SSSR count). The zero-order valence-corrected chi connectivity index (χ0v) is 10.6. The van der Waals surface area contributed by atoms with E-state index in [1.807, 2.05) is 0 Å². The molecule has 0 radical (unpaired) electrons. The fourth-order valence-corrected chi connectivity index (χ4v) is 2.42. The first kappa shape index (κ1) is 13.3. The van der Waals surface area contributed by atoms with Gasteiger partial charge in [0.15, 0.2) is 0 Å². The summed E-state index contributed by atoms with van der Waals surface area (Å²) in [7, 11) is 0. The first-order valence-electron chi connectivity index (χ1n) is 6.15. The maximum Gasteiger partial charge on any atom is 0.311 e. The second kappa shape index (κ2) is 4.87. The van der Waals surface area contributed by atoms with Crippen molar-refractivity contribution in [2.75, 3.05) is 5.73 Å². The highest BCUT2D eigenvalue weighted by atomic mass is 16.4. The number of nitrogen functional groups attached to an aromatic ring is 1. The normalized spacial score (nSPS) is 26.9. The van der Waals surface area contributed by atoms with Crippen LogP contribution in [0.3, 0.4) is 0 Å². The number of H-pyrrole nitrogens is 1. The second-order valence-corrected chi connectivity index (χ2v) is 5.04. The zero-order valence-electron chi connectivity index (χ0n) is 10.6. The van der Waals surface area contributed by atoms with E-state index in [0.717, 1.165) is 12.8 Å². The maximum atomic E-state index is 11.9. The van der Waals surface area contributed by atoms with Crippen LogP contribution in [0.2, 0.25) is 0 Å². The number of carboxylic acid groups (broad SMARTS) is 1. The summed E-state index contributed by atoms with van der Waals surface area (Å²) < 4.78 is 0. The second-order valence-electron chi connectivity index (χ2n) is 5.04. The average Bonchev–Trinajstić information content (AvgIpc) is 2.79. The molecule has 1 saturated carbocycles. The summed E-state index contributed by atoms with van der Waals surface area (Å²) in [5.74, 6) is -1.40. The Labute approximate surface area is 109 Å². The molecule has 104 valence electrons. The van der Waals surface area contributed by atoms with E-state index in [4.69, 9.17) is 5.73 Å². The van der Waals surface area contributed by atoms with Gasteiger partial charge in [-0.25, -0.2) is 0 Å². The largest absolute Gasteiger partial charge is 0.481 e. The minimum atomic E-state index is -0.945. The summed E-state index contributed by atoms with van der Waals surface area (Å²) in [6.07, 6.45) is 2.93. The van der Waals surface area contributed by atoms with Crippen LogP contribution >= 0.6 is 0 Å². The molecular formula is C11H17N5O3. The van der Waals surface area contributed by atoms with Crippen LogP contribution in [0.5, 0.6) is 0 Å². The number of carbonyl (C=O) groups is 2. The SMILES string of the molecule is CC1(C(=O)O)CCCCC1NC(=O)c1nc(N)n[nH]1. The lowest BCUT2D eigenvalue weighted by molar-refractivity contribution is -0.151. The van der Waals surface area contributed by atoms with Gasteiger partial charge < -0.3 is 16.2 Å². The van der Waals surface area contributed by atoms with Gasteiger partial charge in [0, 0.05) is 6.04 Å². The minimum absolute atomic E-state index is 0.00388. The van der Waals surface area contributed by atoms with Crippen molar-refractivity contribution in [3.05, 3.63) is 5.82 Å². The zero-order chi connectivity index (χ0) is 14.0. The van der Waals surface area contributed by atoms with Crippen molar-refractivity contribution < 1.29 is 14.7 Å². The van der Waals surface area contributed by atoms with Gasteiger partial charge in [-0.2, -0.15) is 4.98 Å². The van der Waals surface area contributed by atoms with Crippen LogP contribution in [0.1, 0.15) is 43.2 Å². The lowest BCUT2D eigenvalue weighted by Gasteiger charge is -2.38. The number of rotatable bonds is 3. The number of nitrogens with two attached hydrogens (primary N) is 1. The Balaban J connectivity index is 2.12. The summed E-state index contributed by atoms with van der Waals surface area (Å²) in [6.45, 7) is 1.66. The summed E-state index contributed by atoms with van der Waals surface area (Å²) in [5.41, 5.74) is 4.38. The number of amides is 1. The standard InChI is InChI=1S/C11H17N5O3/c1-11(9(18)19)5-3-2-4-6(11)13-8(17)7-14-10(12)16-15-7/h6H,2-5H2,1H3,(H,13,17)(H,18,19)(H3,12,14,15,16). The number of carboxylic acids is 1. The molecule has 8 nitrogen and oxygen atoms in total. The Morgan fingerprint density at radius 3 is 2.84 bits per heavy atom. The molecule has 1 aliphatic carbocycles. The topological polar surface area (TPSA) is 134 Å². The van der Waals surface area contributed by atoms with Gasteiger partial charge in [-0.1, -0.05) is 12.8 Å². The third kappa shape index (κ3) is 2.51. The van der Waals surface area contributed by atoms with Gasteiger partial charge in [0.2, 0.25) is 11.8 Å². The Morgan fingerprint density at radius 2 is 2.26 bits per heavy atom. The third-order valence-electron chi connectivity index (χ3n) is 3.72. The molecule has 0 bridgehead atoms. The fraction of sp³-hybridized carbons (Fsp3) is 0.636. The Morgan fingerprint density at radius 1 is 1.53 bits per heavy atom. The molecule has 0 saturated heterocycles. The number of hydrogen-bond acceptors (Lipinski definition) is 5.